The highest BCUT2D eigenvalue weighted by Crippen LogP contribution is 2.36. The number of rotatable bonds is 23. The monoisotopic (exact) mass is 2200 g/mol. The molecule has 0 spiro atoms. The number of aryl methyl sites for hydroxylation is 1. The maximum atomic E-state index is 13.6. The minimum atomic E-state index is -4.45. The van der Waals surface area contributed by atoms with Crippen molar-refractivity contribution in [2.45, 2.75) is 52.0 Å². The van der Waals surface area contributed by atoms with E-state index in [1.807, 2.05) is 60.7 Å². The fourth-order valence-electron chi connectivity index (χ4n) is 15.9. The first-order valence-corrected chi connectivity index (χ1v) is 47.8. The number of nitrogens with two attached hydrogens (primary N) is 1. The molecule has 0 aliphatic rings. The summed E-state index contributed by atoms with van der Waals surface area (Å²) in [5.41, 5.74) is 16.7. The van der Waals surface area contributed by atoms with Gasteiger partial charge in [-0.1, -0.05) is 133 Å². The number of nitrogens with zero attached hydrogens (tertiary/aromatic N) is 12. The second-order valence-corrected chi connectivity index (χ2v) is 36.3. The van der Waals surface area contributed by atoms with Crippen LogP contribution >= 0.6 is 66.7 Å². The standard InChI is InChI=1S/C23H18BrClFN3O2.C23H17F4N3O.C22H15ClF3N3O.C21H14BrClFN3O.C21H16FN5O2/c1-31-14-28(13-15-5-6-16(24)11-21(15)25)23(30)19-3-2-4-22-20(19)12-27-29(22)18-9-7-17(26)8-10-18;1-14-10-17(8-9-20(14)24)30-21-7-3-6-18(19(21)13-29-30)22(31)28-12-15-4-2-5-16(11-15)23(25,26)27;23-16-7-9-17(10-8-16)29-20-6-2-5-18(19(20)13-28-29)21(30)27-12-14-3-1-4-15(11-14)22(24,25)26;22-14-5-4-13(19(23)10-14)11-25-21(28)17-2-1-3-20-18(17)12-26-27(20)16-8-6-15(24)7-9-16;22-14-4-6-15(7-5-14)27-19-3-1-2-16(17(19)12-26-27)21(29)25-11-13-8-9-24-18(10-13)20(23)28/h2-12H,13-14H2,1H3;2-11,13H,12H2,1H3,(H,28,31);1-11,13H,12H2,(H,27,30);1-10,12H,11H2,(H,25,28);1-10,12H,11H2,(H2,23,28)(H,25,29). The number of hydrogen-bond donors (Lipinski definition) is 5. The number of pyridine rings is 1. The Morgan fingerprint density at radius 1 is 0.376 bits per heavy atom. The summed E-state index contributed by atoms with van der Waals surface area (Å²) in [7, 11) is 1.54. The van der Waals surface area contributed by atoms with Crippen molar-refractivity contribution in [2.75, 3.05) is 13.8 Å². The third-order valence-electron chi connectivity index (χ3n) is 23.3. The van der Waals surface area contributed by atoms with Gasteiger partial charge in [0.15, 0.2) is 0 Å². The van der Waals surface area contributed by atoms with E-state index in [1.54, 1.807) is 206 Å². The highest BCUT2D eigenvalue weighted by molar-refractivity contribution is 9.10. The number of primary amides is 1. The number of nitrogens with one attached hydrogen (secondary N) is 4. The molecular formula is C110H80Br2Cl3F10N17O7. The molecule has 752 valence electrons. The van der Waals surface area contributed by atoms with Crippen LogP contribution in [0.3, 0.4) is 0 Å². The first-order valence-electron chi connectivity index (χ1n) is 45.1. The predicted octanol–water partition coefficient (Wildman–Crippen LogP) is 25.0. The minimum Gasteiger partial charge on any atom is -0.364 e. The molecule has 14 aromatic carbocycles. The third-order valence-corrected chi connectivity index (χ3v) is 25.2. The summed E-state index contributed by atoms with van der Waals surface area (Å²) in [6.07, 6.45) is 0.598. The van der Waals surface area contributed by atoms with Crippen LogP contribution in [-0.4, -0.2) is 108 Å². The van der Waals surface area contributed by atoms with Gasteiger partial charge in [-0.3, -0.25) is 33.8 Å². The Hall–Kier alpha value is -16.5. The second kappa shape index (κ2) is 46.9. The number of carbonyl (C=O) groups is 6. The number of methoxy groups -OCH3 is 1. The SMILES string of the molecule is COCN(Cc1ccc(Br)cc1Cl)C(=O)c1cccc2c1cnn2-c1ccc(F)cc1.Cc1cc(-n2ncc3c(C(=O)NCc4cccc(C(F)(F)F)c4)cccc32)ccc1F.NC(=O)c1cc(CNC(=O)c2cccc3c2cnn3-c2ccc(F)cc2)ccn1.O=C(NCc1ccc(Br)cc1Cl)c1cccc2c1cnn2-c1ccc(F)cc1.O=C(NCc1cccc(C(F)(F)F)c1)c1cccc2c1cnn2-c1ccc(Cl)cc1. The molecule has 39 heteroatoms. The fourth-order valence-corrected chi connectivity index (χ4v) is 17.5. The van der Waals surface area contributed by atoms with E-state index in [4.69, 9.17) is 45.3 Å². The Balaban J connectivity index is 0.000000133. The van der Waals surface area contributed by atoms with E-state index in [-0.39, 0.29) is 73.0 Å². The van der Waals surface area contributed by atoms with Crippen molar-refractivity contribution in [2.24, 2.45) is 5.73 Å². The van der Waals surface area contributed by atoms with Crippen molar-refractivity contribution in [1.29, 1.82) is 0 Å². The highest BCUT2D eigenvalue weighted by atomic mass is 79.9. The lowest BCUT2D eigenvalue weighted by atomic mass is 10.1. The number of ether oxygens (including phenoxy) is 1. The van der Waals surface area contributed by atoms with E-state index in [1.165, 1.54) is 92.3 Å². The summed E-state index contributed by atoms with van der Waals surface area (Å²) in [6.45, 7) is 2.50. The molecule has 0 radical (unpaired) electrons. The molecule has 149 heavy (non-hydrogen) atoms. The summed E-state index contributed by atoms with van der Waals surface area (Å²) in [5.74, 6) is -3.46. The average Bonchev–Trinajstić information content (AvgIpc) is 1.65. The summed E-state index contributed by atoms with van der Waals surface area (Å²) in [6, 6.07) is 80.2. The van der Waals surface area contributed by atoms with Crippen LogP contribution in [0.15, 0.2) is 349 Å². The van der Waals surface area contributed by atoms with E-state index < -0.39 is 41.2 Å². The van der Waals surface area contributed by atoms with Crippen molar-refractivity contribution in [3.63, 3.8) is 0 Å². The van der Waals surface area contributed by atoms with E-state index in [0.29, 0.717) is 128 Å². The Bertz CT molecular complexity index is 8380. The molecule has 20 rings (SSSR count). The molecule has 0 atom stereocenters. The number of hydrogen-bond acceptors (Lipinski definition) is 13. The molecule has 6 heterocycles. The molecule has 0 aliphatic carbocycles. The molecule has 0 unspecified atom stereocenters. The van der Waals surface area contributed by atoms with Gasteiger partial charge in [0.05, 0.1) is 126 Å². The van der Waals surface area contributed by atoms with Crippen LogP contribution in [0, 0.1) is 30.2 Å². The van der Waals surface area contributed by atoms with Crippen LogP contribution in [0.2, 0.25) is 15.1 Å². The molecule has 0 bridgehead atoms. The lowest BCUT2D eigenvalue weighted by molar-refractivity contribution is -0.138. The number of aromatic nitrogens is 11. The maximum Gasteiger partial charge on any atom is 0.416 e. The van der Waals surface area contributed by atoms with Gasteiger partial charge in [0.2, 0.25) is 0 Å². The van der Waals surface area contributed by atoms with Gasteiger partial charge >= 0.3 is 12.4 Å². The Labute approximate surface area is 873 Å². The van der Waals surface area contributed by atoms with Crippen LogP contribution < -0.4 is 27.0 Å². The highest BCUT2D eigenvalue weighted by Gasteiger charge is 2.33. The van der Waals surface area contributed by atoms with Crippen LogP contribution in [0.5, 0.6) is 0 Å². The molecule has 0 saturated heterocycles. The van der Waals surface area contributed by atoms with E-state index in [0.717, 1.165) is 77.8 Å². The number of halogens is 15. The average molecular weight is 2210 g/mol. The maximum absolute atomic E-state index is 13.6. The lowest BCUT2D eigenvalue weighted by Crippen LogP contribution is -2.32. The van der Waals surface area contributed by atoms with Gasteiger partial charge in [0, 0.05) is 97.0 Å². The second-order valence-electron chi connectivity index (χ2n) is 33.2. The molecular weight excluding hydrogens is 2130 g/mol. The number of carbonyl (C=O) groups excluding carboxylic acids is 6. The molecule has 0 aliphatic heterocycles. The van der Waals surface area contributed by atoms with Crippen molar-refractivity contribution in [3.8, 4) is 28.4 Å². The first-order chi connectivity index (χ1) is 71.6. The van der Waals surface area contributed by atoms with Gasteiger partial charge in [-0.25, -0.2) is 41.0 Å². The van der Waals surface area contributed by atoms with E-state index in [2.05, 4.69) is 83.6 Å². The summed E-state index contributed by atoms with van der Waals surface area (Å²) in [4.78, 5) is 81.1. The van der Waals surface area contributed by atoms with Gasteiger partial charge in [-0.15, -0.1) is 0 Å². The zero-order chi connectivity index (χ0) is 105. The van der Waals surface area contributed by atoms with Gasteiger partial charge in [0.25, 0.3) is 35.4 Å². The molecule has 6 N–H and O–H groups in total. The quantitative estimate of drug-likeness (QED) is 0.0294. The predicted molar refractivity (Wildman–Crippen MR) is 555 cm³/mol. The number of amides is 6. The molecule has 0 saturated carbocycles. The van der Waals surface area contributed by atoms with E-state index >= 15 is 0 Å². The first kappa shape index (κ1) is 105. The van der Waals surface area contributed by atoms with Crippen molar-refractivity contribution in [3.05, 3.63) is 466 Å². The summed E-state index contributed by atoms with van der Waals surface area (Å²) < 4.78 is 146. The number of fused-ring (bicyclic) bond motifs is 5. The van der Waals surface area contributed by atoms with Crippen molar-refractivity contribution in [1.82, 2.24) is 80.1 Å². The third kappa shape index (κ3) is 25.4. The molecule has 24 nitrogen and oxygen atoms in total. The van der Waals surface area contributed by atoms with Crippen molar-refractivity contribution < 1.29 is 77.4 Å². The van der Waals surface area contributed by atoms with E-state index in [9.17, 15) is 72.7 Å². The van der Waals surface area contributed by atoms with Gasteiger partial charge in [0.1, 0.15) is 35.7 Å². The normalized spacial score (nSPS) is 11.2. The summed E-state index contributed by atoms with van der Waals surface area (Å²) in [5, 5.41) is 37.9. The Kier molecular flexibility index (Phi) is 33.1. The van der Waals surface area contributed by atoms with Gasteiger partial charge < -0.3 is 36.6 Å². The molecule has 6 amide bonds. The zero-order valence-corrected chi connectivity index (χ0v) is 83.5. The van der Waals surface area contributed by atoms with Crippen LogP contribution in [0.25, 0.3) is 83.0 Å². The van der Waals surface area contributed by atoms with Crippen LogP contribution in [0.4, 0.5) is 43.9 Å². The van der Waals surface area contributed by atoms with Crippen LogP contribution in [0.1, 0.15) is 107 Å². The number of benzene rings is 14. The molecule has 6 aromatic heterocycles. The lowest BCUT2D eigenvalue weighted by Gasteiger charge is -2.23. The minimum absolute atomic E-state index is 0.0234. The number of alkyl halides is 6. The Morgan fingerprint density at radius 3 is 1.06 bits per heavy atom. The van der Waals surface area contributed by atoms with Gasteiger partial charge in [-0.2, -0.15) is 51.8 Å². The summed E-state index contributed by atoms with van der Waals surface area (Å²) >= 11 is 25.3. The zero-order valence-electron chi connectivity index (χ0n) is 78.0. The van der Waals surface area contributed by atoms with Crippen molar-refractivity contribution >= 4 is 157 Å². The molecule has 0 fully saturated rings. The van der Waals surface area contributed by atoms with Gasteiger partial charge in [-0.05, 0) is 277 Å². The largest absolute Gasteiger partial charge is 0.416 e. The topological polar surface area (TPSA) is 291 Å². The fraction of sp³-hybridized carbons (Fsp3) is 0.0909. The Morgan fingerprint density at radius 2 is 0.705 bits per heavy atom. The smallest absolute Gasteiger partial charge is 0.364 e. The molecule has 20 aromatic rings. The van der Waals surface area contributed by atoms with Crippen LogP contribution in [-0.2, 0) is 49.8 Å².